The van der Waals surface area contributed by atoms with Crippen LogP contribution in [0.4, 0.5) is 0 Å². The van der Waals surface area contributed by atoms with Crippen LogP contribution in [0, 0.1) is 5.92 Å². The summed E-state index contributed by atoms with van der Waals surface area (Å²) in [5.41, 5.74) is 6.56. The Balaban J connectivity index is 1.84. The molecule has 19 heavy (non-hydrogen) atoms. The normalized spacial score (nSPS) is 26.9. The molecule has 1 aromatic carbocycles. The molecule has 5 nitrogen and oxygen atoms in total. The van der Waals surface area contributed by atoms with Crippen LogP contribution >= 0.6 is 0 Å². The van der Waals surface area contributed by atoms with Crippen LogP contribution in [0.15, 0.2) is 24.3 Å². The summed E-state index contributed by atoms with van der Waals surface area (Å²) in [4.78, 5) is 12.0. The zero-order valence-electron chi connectivity index (χ0n) is 10.7. The lowest BCUT2D eigenvalue weighted by Crippen LogP contribution is -2.44. The van der Waals surface area contributed by atoms with Crippen LogP contribution in [0.2, 0.25) is 0 Å². The SMILES string of the molecule is N[C@H]1CC[C@H](C(=O)NCc2cccc(O)c2)C[C@@H]1O. The Kier molecular flexibility index (Phi) is 4.39. The third kappa shape index (κ3) is 3.68. The van der Waals surface area contributed by atoms with Crippen molar-refractivity contribution in [2.24, 2.45) is 11.7 Å². The van der Waals surface area contributed by atoms with Gasteiger partial charge in [-0.1, -0.05) is 12.1 Å². The Morgan fingerprint density at radius 3 is 2.89 bits per heavy atom. The Morgan fingerprint density at radius 2 is 2.21 bits per heavy atom. The highest BCUT2D eigenvalue weighted by molar-refractivity contribution is 5.78. The van der Waals surface area contributed by atoms with Gasteiger partial charge in [0.15, 0.2) is 0 Å². The molecule has 0 bridgehead atoms. The number of carbonyl (C=O) groups excluding carboxylic acids is 1. The number of benzene rings is 1. The Morgan fingerprint density at radius 1 is 1.42 bits per heavy atom. The molecule has 1 aromatic rings. The zero-order valence-corrected chi connectivity index (χ0v) is 10.7. The Bertz CT molecular complexity index is 450. The molecule has 104 valence electrons. The van der Waals surface area contributed by atoms with Gasteiger partial charge < -0.3 is 21.3 Å². The van der Waals surface area contributed by atoms with Crippen molar-refractivity contribution >= 4 is 5.91 Å². The topological polar surface area (TPSA) is 95.6 Å². The molecule has 1 saturated carbocycles. The summed E-state index contributed by atoms with van der Waals surface area (Å²) >= 11 is 0. The van der Waals surface area contributed by atoms with Crippen LogP contribution in [0.5, 0.6) is 5.75 Å². The molecule has 0 aliphatic heterocycles. The van der Waals surface area contributed by atoms with E-state index >= 15 is 0 Å². The third-order valence-corrected chi connectivity index (χ3v) is 3.62. The fourth-order valence-electron chi connectivity index (χ4n) is 2.41. The quantitative estimate of drug-likeness (QED) is 0.639. The molecule has 0 radical (unpaired) electrons. The van der Waals surface area contributed by atoms with E-state index in [1.54, 1.807) is 18.2 Å². The van der Waals surface area contributed by atoms with Crippen molar-refractivity contribution in [3.63, 3.8) is 0 Å². The predicted octanol–water partition coefficient (Wildman–Crippen LogP) is 0.497. The largest absolute Gasteiger partial charge is 0.508 e. The Hall–Kier alpha value is -1.59. The van der Waals surface area contributed by atoms with Gasteiger partial charge in [-0.15, -0.1) is 0 Å². The van der Waals surface area contributed by atoms with Gasteiger partial charge in [-0.2, -0.15) is 0 Å². The number of hydrogen-bond acceptors (Lipinski definition) is 4. The summed E-state index contributed by atoms with van der Waals surface area (Å²) in [5, 5.41) is 21.8. The second-order valence-electron chi connectivity index (χ2n) is 5.13. The fourth-order valence-corrected chi connectivity index (χ4v) is 2.41. The van der Waals surface area contributed by atoms with Crippen molar-refractivity contribution in [1.82, 2.24) is 5.32 Å². The van der Waals surface area contributed by atoms with Crippen LogP contribution in [0.3, 0.4) is 0 Å². The molecule has 0 saturated heterocycles. The van der Waals surface area contributed by atoms with Gasteiger partial charge in [-0.3, -0.25) is 4.79 Å². The number of amides is 1. The molecule has 0 aromatic heterocycles. The summed E-state index contributed by atoms with van der Waals surface area (Å²) in [5.74, 6) is -0.0489. The maximum Gasteiger partial charge on any atom is 0.223 e. The van der Waals surface area contributed by atoms with Gasteiger partial charge in [0.05, 0.1) is 6.10 Å². The van der Waals surface area contributed by atoms with Gasteiger partial charge in [0, 0.05) is 18.5 Å². The number of nitrogens with one attached hydrogen (secondary N) is 1. The first kappa shape index (κ1) is 13.8. The molecule has 0 unspecified atom stereocenters. The van der Waals surface area contributed by atoms with Crippen LogP contribution in [-0.4, -0.2) is 28.3 Å². The number of phenolic OH excluding ortho intramolecular Hbond substituents is 1. The molecule has 1 aliphatic rings. The van der Waals surface area contributed by atoms with Crippen LogP contribution in [0.25, 0.3) is 0 Å². The van der Waals surface area contributed by atoms with Crippen molar-refractivity contribution < 1.29 is 15.0 Å². The standard InChI is InChI=1S/C14H20N2O3/c15-12-5-4-10(7-13(12)18)14(19)16-8-9-2-1-3-11(17)6-9/h1-3,6,10,12-13,17-18H,4-5,7-8,15H2,(H,16,19)/t10-,12-,13-/m0/s1. The number of aliphatic hydroxyl groups is 1. The van der Waals surface area contributed by atoms with Crippen LogP contribution in [0.1, 0.15) is 24.8 Å². The van der Waals surface area contributed by atoms with E-state index in [-0.39, 0.29) is 23.6 Å². The van der Waals surface area contributed by atoms with Crippen LogP contribution < -0.4 is 11.1 Å². The van der Waals surface area contributed by atoms with Gasteiger partial charge in [0.25, 0.3) is 0 Å². The van der Waals surface area contributed by atoms with E-state index in [1.807, 2.05) is 6.07 Å². The van der Waals surface area contributed by atoms with Gasteiger partial charge in [-0.05, 0) is 37.0 Å². The molecule has 1 aliphatic carbocycles. The average molecular weight is 264 g/mol. The number of carbonyl (C=O) groups is 1. The molecule has 5 heteroatoms. The van der Waals surface area contributed by atoms with E-state index in [0.29, 0.717) is 25.8 Å². The van der Waals surface area contributed by atoms with E-state index < -0.39 is 6.10 Å². The number of rotatable bonds is 3. The second kappa shape index (κ2) is 6.04. The fraction of sp³-hybridized carbons (Fsp3) is 0.500. The minimum absolute atomic E-state index is 0.0608. The summed E-state index contributed by atoms with van der Waals surface area (Å²) in [6.07, 6.45) is 1.22. The lowest BCUT2D eigenvalue weighted by Gasteiger charge is -2.29. The first-order chi connectivity index (χ1) is 9.06. The van der Waals surface area contributed by atoms with Crippen molar-refractivity contribution in [1.29, 1.82) is 0 Å². The molecule has 0 spiro atoms. The second-order valence-corrected chi connectivity index (χ2v) is 5.13. The molecule has 0 heterocycles. The van der Waals surface area contributed by atoms with E-state index in [9.17, 15) is 15.0 Å². The lowest BCUT2D eigenvalue weighted by molar-refractivity contribution is -0.127. The molecule has 5 N–H and O–H groups in total. The van der Waals surface area contributed by atoms with Gasteiger partial charge in [0.2, 0.25) is 5.91 Å². The lowest BCUT2D eigenvalue weighted by atomic mass is 9.84. The average Bonchev–Trinajstić information content (AvgIpc) is 2.39. The first-order valence-electron chi connectivity index (χ1n) is 6.55. The molecule has 2 rings (SSSR count). The Labute approximate surface area is 112 Å². The van der Waals surface area contributed by atoms with Crippen molar-refractivity contribution in [2.75, 3.05) is 0 Å². The highest BCUT2D eigenvalue weighted by atomic mass is 16.3. The smallest absolute Gasteiger partial charge is 0.223 e. The van der Waals surface area contributed by atoms with Crippen molar-refractivity contribution in [3.8, 4) is 5.75 Å². The summed E-state index contributed by atoms with van der Waals surface area (Å²) in [6, 6.07) is 6.57. The summed E-state index contributed by atoms with van der Waals surface area (Å²) in [7, 11) is 0. The maximum atomic E-state index is 12.0. The molecular weight excluding hydrogens is 244 g/mol. The summed E-state index contributed by atoms with van der Waals surface area (Å²) < 4.78 is 0. The highest BCUT2D eigenvalue weighted by Crippen LogP contribution is 2.24. The van der Waals surface area contributed by atoms with Gasteiger partial charge in [0.1, 0.15) is 5.75 Å². The summed E-state index contributed by atoms with van der Waals surface area (Å²) in [6.45, 7) is 0.381. The number of aliphatic hydroxyl groups excluding tert-OH is 1. The predicted molar refractivity (Wildman–Crippen MR) is 71.3 cm³/mol. The van der Waals surface area contributed by atoms with E-state index in [2.05, 4.69) is 5.32 Å². The molecule has 1 fully saturated rings. The number of aromatic hydroxyl groups is 1. The number of phenols is 1. The molecule has 1 amide bonds. The van der Waals surface area contributed by atoms with Crippen molar-refractivity contribution in [2.45, 2.75) is 38.0 Å². The third-order valence-electron chi connectivity index (χ3n) is 3.62. The minimum Gasteiger partial charge on any atom is -0.508 e. The van der Waals surface area contributed by atoms with Crippen molar-refractivity contribution in [3.05, 3.63) is 29.8 Å². The zero-order chi connectivity index (χ0) is 13.8. The van der Waals surface area contributed by atoms with Gasteiger partial charge >= 0.3 is 0 Å². The number of nitrogens with two attached hydrogens (primary N) is 1. The highest BCUT2D eigenvalue weighted by Gasteiger charge is 2.30. The first-order valence-corrected chi connectivity index (χ1v) is 6.55. The van der Waals surface area contributed by atoms with E-state index in [0.717, 1.165) is 5.56 Å². The molecule has 3 atom stereocenters. The van der Waals surface area contributed by atoms with Crippen LogP contribution in [-0.2, 0) is 11.3 Å². The van der Waals surface area contributed by atoms with E-state index in [1.165, 1.54) is 0 Å². The van der Waals surface area contributed by atoms with E-state index in [4.69, 9.17) is 5.73 Å². The minimum atomic E-state index is -0.592. The molecular formula is C14H20N2O3. The maximum absolute atomic E-state index is 12.0. The number of hydrogen-bond donors (Lipinski definition) is 4. The van der Waals surface area contributed by atoms with Gasteiger partial charge in [-0.25, -0.2) is 0 Å². The monoisotopic (exact) mass is 264 g/mol.